The standard InChI is InChI=1S/C18H29NO3/c20-12-14-22-13-11-19-10-6-2-5-9-17(19)15-18(21)16-7-3-1-4-8-16/h1,3-4,7-8,17-18,20-21H,2,5-6,9-15H2. The first-order valence-corrected chi connectivity index (χ1v) is 8.47. The van der Waals surface area contributed by atoms with Gasteiger partial charge in [0.25, 0.3) is 0 Å². The molecule has 2 unspecified atom stereocenters. The maximum Gasteiger partial charge on any atom is 0.0805 e. The molecule has 0 spiro atoms. The molecule has 1 aromatic rings. The first kappa shape index (κ1) is 17.4. The zero-order valence-corrected chi connectivity index (χ0v) is 13.4. The Hall–Kier alpha value is -0.940. The van der Waals surface area contributed by atoms with Crippen LogP contribution in [0.15, 0.2) is 30.3 Å². The molecule has 2 rings (SSSR count). The van der Waals surface area contributed by atoms with Gasteiger partial charge in [-0.05, 0) is 31.4 Å². The molecule has 2 atom stereocenters. The average Bonchev–Trinajstić information content (AvgIpc) is 2.78. The zero-order valence-electron chi connectivity index (χ0n) is 13.4. The molecule has 0 aromatic heterocycles. The van der Waals surface area contributed by atoms with Gasteiger partial charge in [-0.15, -0.1) is 0 Å². The Morgan fingerprint density at radius 1 is 1.14 bits per heavy atom. The fraction of sp³-hybridized carbons (Fsp3) is 0.667. The second-order valence-corrected chi connectivity index (χ2v) is 6.04. The first-order valence-electron chi connectivity index (χ1n) is 8.47. The van der Waals surface area contributed by atoms with E-state index in [0.717, 1.165) is 31.5 Å². The van der Waals surface area contributed by atoms with Gasteiger partial charge in [0.15, 0.2) is 0 Å². The molecule has 1 aromatic carbocycles. The molecule has 4 heteroatoms. The monoisotopic (exact) mass is 307 g/mol. The molecule has 1 saturated heterocycles. The van der Waals surface area contributed by atoms with Crippen molar-refractivity contribution in [3.05, 3.63) is 35.9 Å². The van der Waals surface area contributed by atoms with Crippen molar-refractivity contribution in [2.45, 2.75) is 44.2 Å². The highest BCUT2D eigenvalue weighted by Gasteiger charge is 2.23. The molecule has 1 aliphatic rings. The van der Waals surface area contributed by atoms with Gasteiger partial charge in [-0.3, -0.25) is 4.90 Å². The summed E-state index contributed by atoms with van der Waals surface area (Å²) in [6.45, 7) is 3.10. The minimum absolute atomic E-state index is 0.0795. The quantitative estimate of drug-likeness (QED) is 0.724. The molecule has 1 aliphatic heterocycles. The van der Waals surface area contributed by atoms with Crippen LogP contribution in [0.1, 0.15) is 43.8 Å². The number of benzene rings is 1. The van der Waals surface area contributed by atoms with Crippen molar-refractivity contribution < 1.29 is 14.9 Å². The average molecular weight is 307 g/mol. The van der Waals surface area contributed by atoms with Gasteiger partial charge in [0, 0.05) is 12.6 Å². The number of aliphatic hydroxyl groups is 2. The number of hydrogen-bond donors (Lipinski definition) is 2. The van der Waals surface area contributed by atoms with Crippen LogP contribution >= 0.6 is 0 Å². The summed E-state index contributed by atoms with van der Waals surface area (Å²) >= 11 is 0. The molecule has 0 radical (unpaired) electrons. The van der Waals surface area contributed by atoms with Crippen molar-refractivity contribution in [2.75, 3.05) is 32.9 Å². The third-order valence-corrected chi connectivity index (χ3v) is 4.44. The van der Waals surface area contributed by atoms with Crippen LogP contribution in [0, 0.1) is 0 Å². The molecule has 0 bridgehead atoms. The van der Waals surface area contributed by atoms with E-state index < -0.39 is 6.10 Å². The summed E-state index contributed by atoms with van der Waals surface area (Å²) in [4.78, 5) is 2.45. The van der Waals surface area contributed by atoms with E-state index in [-0.39, 0.29) is 6.61 Å². The highest BCUT2D eigenvalue weighted by atomic mass is 16.5. The highest BCUT2D eigenvalue weighted by molar-refractivity contribution is 5.17. The fourth-order valence-corrected chi connectivity index (χ4v) is 3.22. The summed E-state index contributed by atoms with van der Waals surface area (Å²) in [7, 11) is 0. The van der Waals surface area contributed by atoms with Crippen molar-refractivity contribution in [1.29, 1.82) is 0 Å². The van der Waals surface area contributed by atoms with Crippen LogP contribution in [0.3, 0.4) is 0 Å². The number of nitrogens with zero attached hydrogens (tertiary/aromatic N) is 1. The molecular weight excluding hydrogens is 278 g/mol. The van der Waals surface area contributed by atoms with Crippen molar-refractivity contribution in [3.63, 3.8) is 0 Å². The van der Waals surface area contributed by atoms with Crippen LogP contribution in [0.2, 0.25) is 0 Å². The third kappa shape index (κ3) is 5.69. The van der Waals surface area contributed by atoms with Crippen molar-refractivity contribution in [2.24, 2.45) is 0 Å². The van der Waals surface area contributed by atoms with Gasteiger partial charge < -0.3 is 14.9 Å². The number of rotatable bonds is 8. The Bertz CT molecular complexity index is 399. The summed E-state index contributed by atoms with van der Waals surface area (Å²) in [5, 5.41) is 19.3. The Labute approximate surface area is 133 Å². The second kappa shape index (κ2) is 9.95. The number of ether oxygens (including phenoxy) is 1. The van der Waals surface area contributed by atoms with Gasteiger partial charge in [0.05, 0.1) is 25.9 Å². The largest absolute Gasteiger partial charge is 0.394 e. The molecule has 22 heavy (non-hydrogen) atoms. The van der Waals surface area contributed by atoms with E-state index in [0.29, 0.717) is 19.3 Å². The number of hydrogen-bond acceptors (Lipinski definition) is 4. The predicted molar refractivity (Wildman–Crippen MR) is 87.8 cm³/mol. The normalized spacial score (nSPS) is 21.5. The van der Waals surface area contributed by atoms with Gasteiger partial charge in [-0.25, -0.2) is 0 Å². The van der Waals surface area contributed by atoms with Gasteiger partial charge in [-0.1, -0.05) is 43.2 Å². The molecular formula is C18H29NO3. The predicted octanol–water partition coefficient (Wildman–Crippen LogP) is 2.36. The SMILES string of the molecule is OCCOCCN1CCCCCC1CC(O)c1ccccc1. The summed E-state index contributed by atoms with van der Waals surface area (Å²) in [6.07, 6.45) is 5.25. The van der Waals surface area contributed by atoms with Gasteiger partial charge in [-0.2, -0.15) is 0 Å². The van der Waals surface area contributed by atoms with Crippen LogP contribution in [0.25, 0.3) is 0 Å². The van der Waals surface area contributed by atoms with Gasteiger partial charge in [0.1, 0.15) is 0 Å². The van der Waals surface area contributed by atoms with Gasteiger partial charge >= 0.3 is 0 Å². The van der Waals surface area contributed by atoms with E-state index >= 15 is 0 Å². The summed E-state index contributed by atoms with van der Waals surface area (Å²) in [6, 6.07) is 10.3. The molecule has 4 nitrogen and oxygen atoms in total. The summed E-state index contributed by atoms with van der Waals surface area (Å²) < 4.78 is 5.41. The van der Waals surface area contributed by atoms with E-state index in [1.54, 1.807) is 0 Å². The Morgan fingerprint density at radius 2 is 1.95 bits per heavy atom. The summed E-state index contributed by atoms with van der Waals surface area (Å²) in [5.74, 6) is 0. The van der Waals surface area contributed by atoms with Crippen LogP contribution in [0.5, 0.6) is 0 Å². The van der Waals surface area contributed by atoms with Crippen LogP contribution in [-0.2, 0) is 4.74 Å². The van der Waals surface area contributed by atoms with Gasteiger partial charge in [0.2, 0.25) is 0 Å². The lowest BCUT2D eigenvalue weighted by Gasteiger charge is -2.31. The van der Waals surface area contributed by atoms with Crippen molar-refractivity contribution in [1.82, 2.24) is 4.90 Å². The molecule has 1 heterocycles. The Morgan fingerprint density at radius 3 is 2.73 bits per heavy atom. The summed E-state index contributed by atoms with van der Waals surface area (Å²) in [5.41, 5.74) is 1.00. The molecule has 124 valence electrons. The van der Waals surface area contributed by atoms with Crippen molar-refractivity contribution in [3.8, 4) is 0 Å². The van der Waals surface area contributed by atoms with Crippen LogP contribution in [0.4, 0.5) is 0 Å². The van der Waals surface area contributed by atoms with E-state index in [4.69, 9.17) is 9.84 Å². The van der Waals surface area contributed by atoms with E-state index in [2.05, 4.69) is 4.90 Å². The van der Waals surface area contributed by atoms with Crippen LogP contribution < -0.4 is 0 Å². The molecule has 0 amide bonds. The van der Waals surface area contributed by atoms with Crippen molar-refractivity contribution >= 4 is 0 Å². The lowest BCUT2D eigenvalue weighted by Crippen LogP contribution is -2.38. The number of likely N-dealkylation sites (tertiary alicyclic amines) is 1. The Kier molecular flexibility index (Phi) is 7.88. The molecule has 2 N–H and O–H groups in total. The lowest BCUT2D eigenvalue weighted by molar-refractivity contribution is 0.0503. The second-order valence-electron chi connectivity index (χ2n) is 6.04. The van der Waals surface area contributed by atoms with E-state index in [1.807, 2.05) is 30.3 Å². The first-order chi connectivity index (χ1) is 10.8. The smallest absolute Gasteiger partial charge is 0.0805 e. The third-order valence-electron chi connectivity index (χ3n) is 4.44. The zero-order chi connectivity index (χ0) is 15.6. The maximum atomic E-state index is 10.5. The minimum atomic E-state index is -0.398. The van der Waals surface area contributed by atoms with E-state index in [9.17, 15) is 5.11 Å². The molecule has 0 aliphatic carbocycles. The lowest BCUT2D eigenvalue weighted by atomic mass is 9.98. The molecule has 0 saturated carbocycles. The van der Waals surface area contributed by atoms with E-state index in [1.165, 1.54) is 19.3 Å². The minimum Gasteiger partial charge on any atom is -0.394 e. The topological polar surface area (TPSA) is 52.9 Å². The highest BCUT2D eigenvalue weighted by Crippen LogP contribution is 2.26. The maximum absolute atomic E-state index is 10.5. The number of aliphatic hydroxyl groups excluding tert-OH is 2. The van der Waals surface area contributed by atoms with Crippen LogP contribution in [-0.4, -0.2) is 54.1 Å². The fourth-order valence-electron chi connectivity index (χ4n) is 3.22. The Balaban J connectivity index is 1.89. The molecule has 1 fully saturated rings.